The van der Waals surface area contributed by atoms with E-state index in [1.54, 1.807) is 0 Å². The SMILES string of the molecule is CC(C)(C)C1CCN(C(=O)O)[C@H]1C#Cc1cc2ncnc(Cl)c2s1. The monoisotopic (exact) mass is 363 g/mol. The number of nitrogens with zero attached hydrogens (tertiary/aromatic N) is 3. The van der Waals surface area contributed by atoms with Crippen molar-refractivity contribution in [3.8, 4) is 11.8 Å². The summed E-state index contributed by atoms with van der Waals surface area (Å²) in [6, 6.07) is 1.57. The third-order valence-corrected chi connectivity index (χ3v) is 5.81. The predicted octanol–water partition coefficient (Wildman–Crippen LogP) is 4.11. The Labute approximate surface area is 149 Å². The van der Waals surface area contributed by atoms with Crippen molar-refractivity contribution >= 4 is 39.2 Å². The molecule has 1 aliphatic heterocycles. The summed E-state index contributed by atoms with van der Waals surface area (Å²) in [6.45, 7) is 6.92. The zero-order valence-corrected chi connectivity index (χ0v) is 15.3. The average molecular weight is 364 g/mol. The molecule has 1 saturated heterocycles. The van der Waals surface area contributed by atoms with Gasteiger partial charge < -0.3 is 5.11 Å². The van der Waals surface area contributed by atoms with Crippen molar-refractivity contribution in [3.63, 3.8) is 0 Å². The molecular formula is C17H18ClN3O2S. The molecule has 3 rings (SSSR count). The van der Waals surface area contributed by atoms with Gasteiger partial charge in [0, 0.05) is 6.54 Å². The number of amides is 1. The summed E-state index contributed by atoms with van der Waals surface area (Å²) < 4.78 is 0.803. The van der Waals surface area contributed by atoms with Gasteiger partial charge in [-0.05, 0) is 23.8 Å². The molecule has 0 radical (unpaired) electrons. The lowest BCUT2D eigenvalue weighted by molar-refractivity contribution is 0.135. The minimum Gasteiger partial charge on any atom is -0.465 e. The van der Waals surface area contributed by atoms with Crippen LogP contribution in [-0.4, -0.2) is 38.7 Å². The summed E-state index contributed by atoms with van der Waals surface area (Å²) in [5, 5.41) is 9.86. The third kappa shape index (κ3) is 3.19. The molecule has 3 heterocycles. The van der Waals surface area contributed by atoms with Crippen molar-refractivity contribution < 1.29 is 9.90 Å². The first kappa shape index (κ1) is 17.0. The number of thiophene rings is 1. The van der Waals surface area contributed by atoms with Crippen molar-refractivity contribution in [2.24, 2.45) is 11.3 Å². The summed E-state index contributed by atoms with van der Waals surface area (Å²) in [6.07, 6.45) is 1.35. The first-order valence-electron chi connectivity index (χ1n) is 7.68. The van der Waals surface area contributed by atoms with Gasteiger partial charge in [0.1, 0.15) is 17.5 Å². The smallest absolute Gasteiger partial charge is 0.408 e. The Morgan fingerprint density at radius 1 is 1.46 bits per heavy atom. The molecular weight excluding hydrogens is 346 g/mol. The molecule has 126 valence electrons. The van der Waals surface area contributed by atoms with Crippen LogP contribution < -0.4 is 0 Å². The number of hydrogen-bond acceptors (Lipinski definition) is 4. The number of halogens is 1. The van der Waals surface area contributed by atoms with Crippen LogP contribution in [0.2, 0.25) is 5.15 Å². The highest BCUT2D eigenvalue weighted by atomic mass is 35.5. The van der Waals surface area contributed by atoms with Crippen molar-refractivity contribution in [1.82, 2.24) is 14.9 Å². The second-order valence-electron chi connectivity index (χ2n) is 6.94. The zero-order valence-electron chi connectivity index (χ0n) is 13.7. The molecule has 0 aliphatic carbocycles. The van der Waals surface area contributed by atoms with Gasteiger partial charge in [0.05, 0.1) is 15.1 Å². The Bertz CT molecular complexity index is 847. The molecule has 2 aromatic rings. The minimum absolute atomic E-state index is 0.00149. The Kier molecular flexibility index (Phi) is 4.41. The molecule has 24 heavy (non-hydrogen) atoms. The molecule has 0 saturated carbocycles. The van der Waals surface area contributed by atoms with Crippen molar-refractivity contribution in [2.45, 2.75) is 33.2 Å². The quantitative estimate of drug-likeness (QED) is 0.565. The van der Waals surface area contributed by atoms with Crippen LogP contribution in [0, 0.1) is 23.2 Å². The topological polar surface area (TPSA) is 66.3 Å². The Hall–Kier alpha value is -1.84. The van der Waals surface area contributed by atoms with Crippen LogP contribution in [0.15, 0.2) is 12.4 Å². The number of likely N-dealkylation sites (tertiary alicyclic amines) is 1. The summed E-state index contributed by atoms with van der Waals surface area (Å²) in [4.78, 5) is 21.9. The lowest BCUT2D eigenvalue weighted by Gasteiger charge is -2.31. The van der Waals surface area contributed by atoms with E-state index in [2.05, 4.69) is 42.6 Å². The van der Waals surface area contributed by atoms with Gasteiger partial charge in [0.2, 0.25) is 0 Å². The first-order valence-corrected chi connectivity index (χ1v) is 8.88. The molecule has 1 aliphatic rings. The van der Waals surface area contributed by atoms with Gasteiger partial charge in [-0.1, -0.05) is 44.2 Å². The fourth-order valence-electron chi connectivity index (χ4n) is 3.12. The summed E-state index contributed by atoms with van der Waals surface area (Å²) in [5.41, 5.74) is 0.761. The van der Waals surface area contributed by atoms with Crippen LogP contribution in [-0.2, 0) is 0 Å². The molecule has 1 unspecified atom stereocenters. The standard InChI is InChI=1S/C17H18ClN3O2S/c1-17(2,3)11-6-7-21(16(22)23)13(11)5-4-10-8-12-14(24-10)15(18)20-9-19-12/h8-9,11,13H,6-7H2,1-3H3,(H,22,23)/t11?,13-/m0/s1. The maximum atomic E-state index is 11.5. The van der Waals surface area contributed by atoms with Crippen LogP contribution in [0.3, 0.4) is 0 Å². The van der Waals surface area contributed by atoms with Gasteiger partial charge in [-0.25, -0.2) is 14.8 Å². The molecule has 1 amide bonds. The van der Waals surface area contributed by atoms with Gasteiger partial charge in [0.25, 0.3) is 0 Å². The van der Waals surface area contributed by atoms with E-state index in [0.29, 0.717) is 11.7 Å². The fourth-order valence-corrected chi connectivity index (χ4v) is 4.23. The maximum absolute atomic E-state index is 11.5. The molecule has 2 atom stereocenters. The summed E-state index contributed by atoms with van der Waals surface area (Å²) in [7, 11) is 0. The van der Waals surface area contributed by atoms with E-state index in [0.717, 1.165) is 21.5 Å². The molecule has 0 bridgehead atoms. The van der Waals surface area contributed by atoms with Crippen molar-refractivity contribution in [3.05, 3.63) is 22.4 Å². The van der Waals surface area contributed by atoms with Crippen LogP contribution in [0.4, 0.5) is 4.79 Å². The van der Waals surface area contributed by atoms with E-state index in [9.17, 15) is 9.90 Å². The normalized spacial score (nSPS) is 20.9. The summed E-state index contributed by atoms with van der Waals surface area (Å²) in [5.74, 6) is 6.52. The van der Waals surface area contributed by atoms with E-state index in [-0.39, 0.29) is 17.4 Å². The lowest BCUT2D eigenvalue weighted by atomic mass is 9.76. The lowest BCUT2D eigenvalue weighted by Crippen LogP contribution is -2.39. The maximum Gasteiger partial charge on any atom is 0.408 e. The second kappa shape index (κ2) is 6.23. The number of fused-ring (bicyclic) bond motifs is 1. The van der Waals surface area contributed by atoms with Gasteiger partial charge in [-0.15, -0.1) is 11.3 Å². The number of hydrogen-bond donors (Lipinski definition) is 1. The number of rotatable bonds is 0. The van der Waals surface area contributed by atoms with Gasteiger partial charge in [-0.2, -0.15) is 0 Å². The van der Waals surface area contributed by atoms with Crippen molar-refractivity contribution in [2.75, 3.05) is 6.54 Å². The Morgan fingerprint density at radius 2 is 2.21 bits per heavy atom. The predicted molar refractivity (Wildman–Crippen MR) is 95.4 cm³/mol. The minimum atomic E-state index is -0.911. The van der Waals surface area contributed by atoms with E-state index in [4.69, 9.17) is 11.6 Å². The summed E-state index contributed by atoms with van der Waals surface area (Å²) >= 11 is 7.50. The van der Waals surface area contributed by atoms with E-state index >= 15 is 0 Å². The molecule has 1 N–H and O–H groups in total. The number of carboxylic acid groups (broad SMARTS) is 1. The van der Waals surface area contributed by atoms with Crippen LogP contribution in [0.1, 0.15) is 32.1 Å². The van der Waals surface area contributed by atoms with Crippen molar-refractivity contribution in [1.29, 1.82) is 0 Å². The second-order valence-corrected chi connectivity index (χ2v) is 8.35. The van der Waals surface area contributed by atoms with E-state index in [1.807, 2.05) is 6.07 Å². The van der Waals surface area contributed by atoms with Gasteiger partial charge in [0.15, 0.2) is 0 Å². The zero-order chi connectivity index (χ0) is 17.5. The van der Waals surface area contributed by atoms with Crippen LogP contribution in [0.25, 0.3) is 10.2 Å². The highest BCUT2D eigenvalue weighted by molar-refractivity contribution is 7.20. The third-order valence-electron chi connectivity index (χ3n) is 4.37. The molecule has 5 nitrogen and oxygen atoms in total. The Balaban J connectivity index is 1.95. The molecule has 1 fully saturated rings. The molecule has 7 heteroatoms. The largest absolute Gasteiger partial charge is 0.465 e. The van der Waals surface area contributed by atoms with E-state index in [1.165, 1.54) is 22.6 Å². The van der Waals surface area contributed by atoms with Crippen LogP contribution in [0.5, 0.6) is 0 Å². The van der Waals surface area contributed by atoms with Gasteiger partial charge >= 0.3 is 6.09 Å². The average Bonchev–Trinajstić information content (AvgIpc) is 3.08. The number of carbonyl (C=O) groups is 1. The molecule has 2 aromatic heterocycles. The first-order chi connectivity index (χ1) is 11.3. The van der Waals surface area contributed by atoms with Crippen LogP contribution >= 0.6 is 22.9 Å². The highest BCUT2D eigenvalue weighted by Crippen LogP contribution is 2.38. The number of aromatic nitrogens is 2. The fraction of sp³-hybridized carbons (Fsp3) is 0.471. The molecule has 0 spiro atoms. The Morgan fingerprint density at radius 3 is 2.83 bits per heavy atom. The molecule has 0 aromatic carbocycles. The van der Waals surface area contributed by atoms with Gasteiger partial charge in [-0.3, -0.25) is 4.90 Å². The highest BCUT2D eigenvalue weighted by Gasteiger charge is 2.42. The van der Waals surface area contributed by atoms with E-state index < -0.39 is 6.09 Å².